The summed E-state index contributed by atoms with van der Waals surface area (Å²) in [5.41, 5.74) is 1.12. The predicted molar refractivity (Wildman–Crippen MR) is 104 cm³/mol. The normalized spacial score (nSPS) is 17.7. The molecule has 1 saturated carbocycles. The number of nitrogens with zero attached hydrogens (tertiary/aromatic N) is 8. The Morgan fingerprint density at radius 1 is 0.967 bits per heavy atom. The van der Waals surface area contributed by atoms with Crippen LogP contribution in [0.1, 0.15) is 43.0 Å². The van der Waals surface area contributed by atoms with Crippen molar-refractivity contribution in [3.8, 4) is 0 Å². The van der Waals surface area contributed by atoms with Gasteiger partial charge in [0.15, 0.2) is 5.65 Å². The molecule has 30 heavy (non-hydrogen) atoms. The Hall–Kier alpha value is -2.98. The number of rotatable bonds is 4. The van der Waals surface area contributed by atoms with Gasteiger partial charge in [0.05, 0.1) is 0 Å². The number of anilines is 2. The highest BCUT2D eigenvalue weighted by Gasteiger charge is 2.38. The maximum Gasteiger partial charge on any atom is 0.453 e. The fraction of sp³-hybridized carbons (Fsp3) is 0.526. The van der Waals surface area contributed by atoms with Crippen LogP contribution in [0, 0.1) is 0 Å². The molecule has 0 radical (unpaired) electrons. The lowest BCUT2D eigenvalue weighted by Gasteiger charge is -2.36. The maximum atomic E-state index is 13.1. The summed E-state index contributed by atoms with van der Waals surface area (Å²) < 4.78 is 40.1. The van der Waals surface area contributed by atoms with Crippen LogP contribution < -0.4 is 9.80 Å². The molecule has 0 unspecified atom stereocenters. The SMILES string of the molecule is CCc1cc(N2CCN(c3ccc4nnc(C(F)(F)F)n4n3)CC2)nc(C2CC2)n1. The molecule has 1 saturated heterocycles. The van der Waals surface area contributed by atoms with E-state index in [0.717, 1.165) is 41.1 Å². The Morgan fingerprint density at radius 3 is 2.30 bits per heavy atom. The van der Waals surface area contributed by atoms with Gasteiger partial charge in [0.1, 0.15) is 17.5 Å². The Balaban J connectivity index is 1.34. The van der Waals surface area contributed by atoms with Crippen LogP contribution >= 0.6 is 0 Å². The number of aromatic nitrogens is 6. The molecule has 0 amide bonds. The Bertz CT molecular complexity index is 1070. The van der Waals surface area contributed by atoms with Crippen LogP contribution in [0.5, 0.6) is 0 Å². The van der Waals surface area contributed by atoms with Gasteiger partial charge in [-0.2, -0.15) is 17.7 Å². The molecule has 2 aliphatic rings. The summed E-state index contributed by atoms with van der Waals surface area (Å²) in [7, 11) is 0. The lowest BCUT2D eigenvalue weighted by Crippen LogP contribution is -2.47. The van der Waals surface area contributed by atoms with E-state index in [1.807, 2.05) is 11.0 Å². The van der Waals surface area contributed by atoms with E-state index in [0.29, 0.717) is 37.9 Å². The second kappa shape index (κ2) is 7.06. The summed E-state index contributed by atoms with van der Waals surface area (Å²) in [5, 5.41) is 10.9. The highest BCUT2D eigenvalue weighted by Crippen LogP contribution is 2.38. The van der Waals surface area contributed by atoms with Gasteiger partial charge in [-0.3, -0.25) is 0 Å². The maximum absolute atomic E-state index is 13.1. The van der Waals surface area contributed by atoms with E-state index in [1.54, 1.807) is 6.07 Å². The second-order valence-corrected chi connectivity index (χ2v) is 7.66. The molecule has 0 bridgehead atoms. The first kappa shape index (κ1) is 19.0. The number of hydrogen-bond acceptors (Lipinski definition) is 7. The van der Waals surface area contributed by atoms with Crippen molar-refractivity contribution in [2.75, 3.05) is 36.0 Å². The molecule has 8 nitrogen and oxygen atoms in total. The van der Waals surface area contributed by atoms with E-state index in [9.17, 15) is 13.2 Å². The number of piperazine rings is 1. The third-order valence-electron chi connectivity index (χ3n) is 5.52. The van der Waals surface area contributed by atoms with Crippen LogP contribution in [-0.4, -0.2) is 56.0 Å². The number of alkyl halides is 3. The van der Waals surface area contributed by atoms with Crippen LogP contribution in [0.4, 0.5) is 24.8 Å². The lowest BCUT2D eigenvalue weighted by atomic mass is 10.2. The van der Waals surface area contributed by atoms with Gasteiger partial charge < -0.3 is 9.80 Å². The van der Waals surface area contributed by atoms with Crippen LogP contribution in [0.2, 0.25) is 0 Å². The summed E-state index contributed by atoms with van der Waals surface area (Å²) in [6.07, 6.45) is -1.44. The van der Waals surface area contributed by atoms with Crippen LogP contribution in [0.25, 0.3) is 5.65 Å². The zero-order valence-electron chi connectivity index (χ0n) is 16.5. The van der Waals surface area contributed by atoms with Gasteiger partial charge in [0.2, 0.25) is 0 Å². The lowest BCUT2D eigenvalue weighted by molar-refractivity contribution is -0.146. The van der Waals surface area contributed by atoms with Crippen molar-refractivity contribution < 1.29 is 13.2 Å². The predicted octanol–water partition coefficient (Wildman–Crippen LogP) is 2.70. The minimum Gasteiger partial charge on any atom is -0.353 e. The molecule has 11 heteroatoms. The molecule has 1 aliphatic heterocycles. The monoisotopic (exact) mass is 418 g/mol. The van der Waals surface area contributed by atoms with Crippen molar-refractivity contribution in [2.24, 2.45) is 0 Å². The summed E-state index contributed by atoms with van der Waals surface area (Å²) >= 11 is 0. The average molecular weight is 418 g/mol. The molecule has 1 aliphatic carbocycles. The molecule has 3 aromatic heterocycles. The van der Waals surface area contributed by atoms with E-state index >= 15 is 0 Å². The van der Waals surface area contributed by atoms with E-state index in [2.05, 4.69) is 32.1 Å². The molecule has 3 aromatic rings. The second-order valence-electron chi connectivity index (χ2n) is 7.66. The van der Waals surface area contributed by atoms with Gasteiger partial charge in [-0.15, -0.1) is 15.3 Å². The molecule has 158 valence electrons. The highest BCUT2D eigenvalue weighted by atomic mass is 19.4. The standard InChI is InChI=1S/C19H21F3N8/c1-2-13-11-16(24-17(23-13)12-3-4-12)29-9-7-28(8-10-29)15-6-5-14-25-26-18(19(20,21)22)30(14)27-15/h5-6,11-12H,2-4,7-10H2,1H3. The third-order valence-corrected chi connectivity index (χ3v) is 5.52. The van der Waals surface area contributed by atoms with E-state index in [-0.39, 0.29) is 5.65 Å². The molecule has 0 spiro atoms. The van der Waals surface area contributed by atoms with Crippen LogP contribution in [0.3, 0.4) is 0 Å². The highest BCUT2D eigenvalue weighted by molar-refractivity contribution is 5.49. The largest absolute Gasteiger partial charge is 0.453 e. The van der Waals surface area contributed by atoms with Gasteiger partial charge in [-0.25, -0.2) is 9.97 Å². The third kappa shape index (κ3) is 3.52. The first-order valence-corrected chi connectivity index (χ1v) is 10.1. The van der Waals surface area contributed by atoms with Crippen LogP contribution in [0.15, 0.2) is 18.2 Å². The number of aryl methyl sites for hydroxylation is 1. The first-order chi connectivity index (χ1) is 14.4. The van der Waals surface area contributed by atoms with E-state index in [4.69, 9.17) is 4.98 Å². The topological polar surface area (TPSA) is 75.3 Å². The summed E-state index contributed by atoms with van der Waals surface area (Å²) in [4.78, 5) is 13.6. The molecule has 0 atom stereocenters. The van der Waals surface area contributed by atoms with E-state index in [1.165, 1.54) is 6.07 Å². The van der Waals surface area contributed by atoms with Crippen molar-refractivity contribution in [2.45, 2.75) is 38.3 Å². The summed E-state index contributed by atoms with van der Waals surface area (Å²) in [6, 6.07) is 5.24. The van der Waals surface area contributed by atoms with E-state index < -0.39 is 12.0 Å². The minimum atomic E-state index is -4.60. The van der Waals surface area contributed by atoms with Crippen molar-refractivity contribution in [3.63, 3.8) is 0 Å². The molecule has 2 fully saturated rings. The molecule has 0 aromatic carbocycles. The summed E-state index contributed by atoms with van der Waals surface area (Å²) in [6.45, 7) is 4.76. The minimum absolute atomic E-state index is 0.0744. The smallest absolute Gasteiger partial charge is 0.353 e. The molecule has 0 N–H and O–H groups in total. The average Bonchev–Trinajstić information content (AvgIpc) is 3.51. The molecular weight excluding hydrogens is 397 g/mol. The van der Waals surface area contributed by atoms with Gasteiger partial charge in [0.25, 0.3) is 5.82 Å². The molecule has 5 rings (SSSR count). The van der Waals surface area contributed by atoms with Crippen molar-refractivity contribution >= 4 is 17.3 Å². The van der Waals surface area contributed by atoms with Gasteiger partial charge in [0, 0.05) is 43.9 Å². The van der Waals surface area contributed by atoms with Crippen molar-refractivity contribution in [1.29, 1.82) is 0 Å². The Kier molecular flexibility index (Phi) is 4.48. The fourth-order valence-electron chi connectivity index (χ4n) is 3.66. The number of hydrogen-bond donors (Lipinski definition) is 0. The Morgan fingerprint density at radius 2 is 1.67 bits per heavy atom. The number of halogens is 3. The fourth-order valence-corrected chi connectivity index (χ4v) is 3.66. The first-order valence-electron chi connectivity index (χ1n) is 10.1. The number of fused-ring (bicyclic) bond motifs is 1. The zero-order chi connectivity index (χ0) is 20.9. The van der Waals surface area contributed by atoms with Gasteiger partial charge in [-0.1, -0.05) is 6.92 Å². The quantitative estimate of drug-likeness (QED) is 0.645. The zero-order valence-corrected chi connectivity index (χ0v) is 16.5. The Labute approximate surface area is 170 Å². The summed E-state index contributed by atoms with van der Waals surface area (Å²) in [5.74, 6) is 1.72. The van der Waals surface area contributed by atoms with Gasteiger partial charge in [-0.05, 0) is 31.4 Å². The van der Waals surface area contributed by atoms with Gasteiger partial charge >= 0.3 is 6.18 Å². The van der Waals surface area contributed by atoms with Crippen LogP contribution in [-0.2, 0) is 12.6 Å². The van der Waals surface area contributed by atoms with Crippen molar-refractivity contribution in [1.82, 2.24) is 29.8 Å². The molecular formula is C19H21F3N8. The molecule has 4 heterocycles. The van der Waals surface area contributed by atoms with Crippen molar-refractivity contribution in [3.05, 3.63) is 35.5 Å².